The molecule has 3 aromatic rings. The summed E-state index contributed by atoms with van der Waals surface area (Å²) in [6, 6.07) is 11.5. The Kier molecular flexibility index (Phi) is 5.65. The van der Waals surface area contributed by atoms with Crippen molar-refractivity contribution in [1.29, 1.82) is 0 Å². The highest BCUT2D eigenvalue weighted by Gasteiger charge is 2.42. The summed E-state index contributed by atoms with van der Waals surface area (Å²) in [5, 5.41) is 29.2. The van der Waals surface area contributed by atoms with Gasteiger partial charge in [-0.25, -0.2) is 0 Å². The van der Waals surface area contributed by atoms with E-state index < -0.39 is 15.9 Å². The molecule has 0 bridgehead atoms. The number of nitro benzene ring substituents is 2. The predicted molar refractivity (Wildman–Crippen MR) is 113 cm³/mol. The molecule has 1 unspecified atom stereocenters. The van der Waals surface area contributed by atoms with Gasteiger partial charge in [-0.15, -0.1) is 0 Å². The quantitative estimate of drug-likeness (QED) is 0.323. The minimum absolute atomic E-state index is 0.0491. The van der Waals surface area contributed by atoms with Crippen molar-refractivity contribution in [3.63, 3.8) is 0 Å². The van der Waals surface area contributed by atoms with Crippen LogP contribution in [0, 0.1) is 20.2 Å². The Bertz CT molecular complexity index is 1170. The summed E-state index contributed by atoms with van der Waals surface area (Å²) in [6.07, 6.45) is 0.607. The van der Waals surface area contributed by atoms with Crippen molar-refractivity contribution in [2.45, 2.75) is 12.5 Å². The minimum Gasteiger partial charge on any atom is -0.385 e. The first-order valence-corrected chi connectivity index (χ1v) is 9.79. The Morgan fingerprint density at radius 3 is 2.19 bits per heavy atom. The highest BCUT2D eigenvalue weighted by molar-refractivity contribution is 6.00. The molecule has 0 aliphatic carbocycles. The van der Waals surface area contributed by atoms with Crippen LogP contribution in [0.3, 0.4) is 0 Å². The van der Waals surface area contributed by atoms with Gasteiger partial charge in [0.15, 0.2) is 0 Å². The summed E-state index contributed by atoms with van der Waals surface area (Å²) < 4.78 is 5.11. The van der Waals surface area contributed by atoms with Gasteiger partial charge >= 0.3 is 0 Å². The largest absolute Gasteiger partial charge is 0.385 e. The lowest BCUT2D eigenvalue weighted by atomic mass is 9.95. The zero-order valence-electron chi connectivity index (χ0n) is 17.1. The first kappa shape index (κ1) is 21.1. The molecule has 0 saturated heterocycles. The molecule has 0 fully saturated rings. The van der Waals surface area contributed by atoms with Gasteiger partial charge in [0.1, 0.15) is 5.69 Å². The van der Waals surface area contributed by atoms with Crippen molar-refractivity contribution < 1.29 is 19.4 Å². The third kappa shape index (κ3) is 3.69. The topological polar surface area (TPSA) is 144 Å². The van der Waals surface area contributed by atoms with Crippen molar-refractivity contribution in [2.24, 2.45) is 0 Å². The molecule has 0 saturated carbocycles. The molecule has 11 nitrogen and oxygen atoms in total. The van der Waals surface area contributed by atoms with Crippen molar-refractivity contribution in [3.8, 4) is 11.3 Å². The molecule has 2 heterocycles. The van der Waals surface area contributed by atoms with Gasteiger partial charge in [-0.3, -0.25) is 30.1 Å². The van der Waals surface area contributed by atoms with Crippen molar-refractivity contribution in [2.75, 3.05) is 20.3 Å². The van der Waals surface area contributed by atoms with Crippen LogP contribution >= 0.6 is 0 Å². The number of non-ortho nitro benzene ring substituents is 2. The summed E-state index contributed by atoms with van der Waals surface area (Å²) in [6.45, 7) is 0.884. The second-order valence-electron chi connectivity index (χ2n) is 7.26. The van der Waals surface area contributed by atoms with E-state index in [0.717, 1.165) is 0 Å². The lowest BCUT2D eigenvalue weighted by Crippen LogP contribution is -2.31. The number of hydrogen-bond acceptors (Lipinski definition) is 7. The maximum Gasteiger partial charge on any atom is 0.273 e. The monoisotopic (exact) mass is 437 g/mol. The summed E-state index contributed by atoms with van der Waals surface area (Å²) >= 11 is 0. The number of rotatable bonds is 8. The van der Waals surface area contributed by atoms with Crippen LogP contribution in [0.5, 0.6) is 0 Å². The molecule has 0 spiro atoms. The molecule has 1 amide bonds. The van der Waals surface area contributed by atoms with E-state index in [4.69, 9.17) is 4.74 Å². The van der Waals surface area contributed by atoms with Gasteiger partial charge in [0.25, 0.3) is 17.3 Å². The van der Waals surface area contributed by atoms with E-state index in [-0.39, 0.29) is 17.3 Å². The zero-order chi connectivity index (χ0) is 22.8. The van der Waals surface area contributed by atoms with Gasteiger partial charge in [0.2, 0.25) is 0 Å². The number of ether oxygens (including phenoxy) is 1. The number of methoxy groups -OCH3 is 1. The molecule has 4 rings (SSSR count). The molecule has 1 atom stereocenters. The number of nitro groups is 2. The molecule has 1 N–H and O–H groups in total. The first-order valence-electron chi connectivity index (χ1n) is 9.79. The van der Waals surface area contributed by atoms with E-state index in [9.17, 15) is 25.0 Å². The van der Waals surface area contributed by atoms with Gasteiger partial charge in [0.05, 0.1) is 21.6 Å². The highest BCUT2D eigenvalue weighted by Crippen LogP contribution is 2.43. The number of carbonyl (C=O) groups is 1. The number of benzene rings is 2. The number of amides is 1. The molecule has 11 heteroatoms. The molecular weight excluding hydrogens is 418 g/mol. The van der Waals surface area contributed by atoms with Crippen LogP contribution in [0.4, 0.5) is 11.4 Å². The molecular formula is C21H19N5O6. The minimum atomic E-state index is -0.515. The van der Waals surface area contributed by atoms with Crippen LogP contribution in [-0.4, -0.2) is 51.1 Å². The molecule has 2 aromatic carbocycles. The van der Waals surface area contributed by atoms with Crippen LogP contribution in [-0.2, 0) is 4.74 Å². The van der Waals surface area contributed by atoms with E-state index in [0.29, 0.717) is 47.7 Å². The number of fused-ring (bicyclic) bond motifs is 1. The summed E-state index contributed by atoms with van der Waals surface area (Å²) in [5.74, 6) is -0.236. The number of nitrogens with zero attached hydrogens (tertiary/aromatic N) is 4. The third-order valence-corrected chi connectivity index (χ3v) is 5.38. The fourth-order valence-corrected chi connectivity index (χ4v) is 3.89. The fourth-order valence-electron chi connectivity index (χ4n) is 3.89. The maximum atomic E-state index is 13.2. The Labute approximate surface area is 181 Å². The van der Waals surface area contributed by atoms with Crippen LogP contribution in [0.15, 0.2) is 48.5 Å². The van der Waals surface area contributed by atoms with Crippen LogP contribution in [0.1, 0.15) is 34.1 Å². The predicted octanol–water partition coefficient (Wildman–Crippen LogP) is 3.47. The van der Waals surface area contributed by atoms with Gasteiger partial charge in [-0.05, 0) is 36.2 Å². The van der Waals surface area contributed by atoms with Crippen LogP contribution < -0.4 is 0 Å². The van der Waals surface area contributed by atoms with Crippen LogP contribution in [0.2, 0.25) is 0 Å². The molecule has 1 aliphatic heterocycles. The molecule has 1 aliphatic rings. The Morgan fingerprint density at radius 1 is 1.03 bits per heavy atom. The number of carbonyl (C=O) groups excluding carboxylic acids is 1. The molecule has 0 radical (unpaired) electrons. The smallest absolute Gasteiger partial charge is 0.273 e. The average molecular weight is 437 g/mol. The SMILES string of the molecule is COCCCN1C(=O)c2[nH]nc(-c3ccc([N+](=O)[O-])cc3)c2C1c1ccc([N+](=O)[O-])cc1. The Hall–Kier alpha value is -4.12. The number of nitrogens with one attached hydrogen (secondary N) is 1. The number of H-pyrrole nitrogens is 1. The summed E-state index contributed by atoms with van der Waals surface area (Å²) in [4.78, 5) is 35.9. The molecule has 32 heavy (non-hydrogen) atoms. The normalized spacial score (nSPS) is 15.1. The van der Waals surface area contributed by atoms with E-state index in [1.807, 2.05) is 0 Å². The Morgan fingerprint density at radius 2 is 1.62 bits per heavy atom. The second-order valence-corrected chi connectivity index (χ2v) is 7.26. The first-order chi connectivity index (χ1) is 15.4. The van der Waals surface area contributed by atoms with E-state index >= 15 is 0 Å². The van der Waals surface area contributed by atoms with Gasteiger partial charge < -0.3 is 9.64 Å². The maximum absolute atomic E-state index is 13.2. The van der Waals surface area contributed by atoms with Crippen LogP contribution in [0.25, 0.3) is 11.3 Å². The number of hydrogen-bond donors (Lipinski definition) is 1. The van der Waals surface area contributed by atoms with E-state index in [1.54, 1.807) is 36.3 Å². The molecule has 1 aromatic heterocycles. The lowest BCUT2D eigenvalue weighted by molar-refractivity contribution is -0.385. The van der Waals surface area contributed by atoms with Crippen molar-refractivity contribution in [3.05, 3.63) is 85.6 Å². The number of aromatic amines is 1. The third-order valence-electron chi connectivity index (χ3n) is 5.38. The second kappa shape index (κ2) is 8.55. The zero-order valence-corrected chi connectivity index (χ0v) is 17.1. The van der Waals surface area contributed by atoms with E-state index in [2.05, 4.69) is 10.2 Å². The van der Waals surface area contributed by atoms with Crippen molar-refractivity contribution >= 4 is 17.3 Å². The summed E-state index contributed by atoms with van der Waals surface area (Å²) in [7, 11) is 1.58. The fraction of sp³-hybridized carbons (Fsp3) is 0.238. The van der Waals surface area contributed by atoms with Gasteiger partial charge in [0, 0.05) is 55.7 Å². The number of aromatic nitrogens is 2. The average Bonchev–Trinajstić information content (AvgIpc) is 3.33. The Balaban J connectivity index is 1.79. The van der Waals surface area contributed by atoms with Gasteiger partial charge in [-0.1, -0.05) is 0 Å². The van der Waals surface area contributed by atoms with E-state index in [1.165, 1.54) is 24.3 Å². The lowest BCUT2D eigenvalue weighted by Gasteiger charge is -2.26. The van der Waals surface area contributed by atoms with Gasteiger partial charge in [-0.2, -0.15) is 5.10 Å². The summed E-state index contributed by atoms with van der Waals surface area (Å²) in [5.41, 5.74) is 2.68. The standard InChI is InChI=1S/C21H19N5O6/c1-32-12-2-11-24-20(14-5-9-16(10-6-14)26(30)31)17-18(22-23-19(17)21(24)27)13-3-7-15(8-4-13)25(28)29/h3-10,20H,2,11-12H2,1H3,(H,22,23). The molecule has 164 valence electrons. The van der Waals surface area contributed by atoms with Crippen molar-refractivity contribution in [1.82, 2.24) is 15.1 Å². The highest BCUT2D eigenvalue weighted by atomic mass is 16.6.